The van der Waals surface area contributed by atoms with Crippen molar-refractivity contribution in [1.82, 2.24) is 5.32 Å². The predicted molar refractivity (Wildman–Crippen MR) is 95.3 cm³/mol. The number of carbonyl (C=O) groups excluding carboxylic acids is 2. The molecule has 1 amide bonds. The summed E-state index contributed by atoms with van der Waals surface area (Å²) in [4.78, 5) is 24.1. The van der Waals surface area contributed by atoms with E-state index in [4.69, 9.17) is 9.15 Å². The summed E-state index contributed by atoms with van der Waals surface area (Å²) in [7, 11) is 0. The largest absolute Gasteiger partial charge is 0.467 e. The molecule has 1 atom stereocenters. The second kappa shape index (κ2) is 9.52. The molecule has 2 N–H and O–H groups in total. The molecule has 0 radical (unpaired) electrons. The lowest BCUT2D eigenvalue weighted by atomic mass is 10.2. The van der Waals surface area contributed by atoms with Gasteiger partial charge < -0.3 is 19.8 Å². The number of benzene rings is 1. The van der Waals surface area contributed by atoms with Gasteiger partial charge in [0.05, 0.1) is 18.4 Å². The van der Waals surface area contributed by atoms with Crippen molar-refractivity contribution < 1.29 is 18.7 Å². The standard InChI is InChI=1S/C19H24N2O4/c1-3-7-14(2)21-18(22)13-25-19(23)16-9-4-5-10-17(16)20-12-15-8-6-11-24-15/h4-6,8-11,14,20H,3,7,12-13H2,1-2H3,(H,21,22). The number of amides is 1. The zero-order valence-electron chi connectivity index (χ0n) is 14.6. The van der Waals surface area contributed by atoms with Crippen molar-refractivity contribution in [1.29, 1.82) is 0 Å². The molecule has 134 valence electrons. The summed E-state index contributed by atoms with van der Waals surface area (Å²) in [5.74, 6) is -0.0800. The van der Waals surface area contributed by atoms with Gasteiger partial charge in [-0.15, -0.1) is 0 Å². The summed E-state index contributed by atoms with van der Waals surface area (Å²) >= 11 is 0. The first-order chi connectivity index (χ1) is 12.1. The van der Waals surface area contributed by atoms with Crippen molar-refractivity contribution in [3.8, 4) is 0 Å². The molecule has 2 aromatic rings. The topological polar surface area (TPSA) is 80.6 Å². The van der Waals surface area contributed by atoms with Crippen molar-refractivity contribution >= 4 is 17.6 Å². The quantitative estimate of drug-likeness (QED) is 0.682. The highest BCUT2D eigenvalue weighted by Gasteiger charge is 2.15. The van der Waals surface area contributed by atoms with Crippen LogP contribution in [0.25, 0.3) is 0 Å². The van der Waals surface area contributed by atoms with Crippen LogP contribution in [0.3, 0.4) is 0 Å². The van der Waals surface area contributed by atoms with E-state index in [9.17, 15) is 9.59 Å². The van der Waals surface area contributed by atoms with Crippen LogP contribution in [0.1, 0.15) is 42.8 Å². The Bertz CT molecular complexity index is 682. The minimum Gasteiger partial charge on any atom is -0.467 e. The van der Waals surface area contributed by atoms with E-state index >= 15 is 0 Å². The molecule has 6 nitrogen and oxygen atoms in total. The van der Waals surface area contributed by atoms with Crippen LogP contribution in [0, 0.1) is 0 Å². The number of furan rings is 1. The monoisotopic (exact) mass is 344 g/mol. The highest BCUT2D eigenvalue weighted by atomic mass is 16.5. The molecular weight excluding hydrogens is 320 g/mol. The summed E-state index contributed by atoms with van der Waals surface area (Å²) in [6.07, 6.45) is 3.46. The van der Waals surface area contributed by atoms with Gasteiger partial charge in [-0.25, -0.2) is 4.79 Å². The third kappa shape index (κ3) is 5.99. The minimum atomic E-state index is -0.541. The van der Waals surface area contributed by atoms with Crippen LogP contribution in [-0.2, 0) is 16.1 Å². The molecule has 1 unspecified atom stereocenters. The second-order valence-electron chi connectivity index (χ2n) is 5.81. The zero-order valence-corrected chi connectivity index (χ0v) is 14.6. The molecule has 6 heteroatoms. The third-order valence-electron chi connectivity index (χ3n) is 3.64. The van der Waals surface area contributed by atoms with Crippen molar-refractivity contribution in [2.45, 2.75) is 39.3 Å². The van der Waals surface area contributed by atoms with Crippen LogP contribution >= 0.6 is 0 Å². The Balaban J connectivity index is 1.89. The highest BCUT2D eigenvalue weighted by molar-refractivity contribution is 5.96. The lowest BCUT2D eigenvalue weighted by Gasteiger charge is -2.14. The van der Waals surface area contributed by atoms with Gasteiger partial charge in [0.15, 0.2) is 6.61 Å². The van der Waals surface area contributed by atoms with Gasteiger partial charge >= 0.3 is 5.97 Å². The summed E-state index contributed by atoms with van der Waals surface area (Å²) in [6.45, 7) is 4.14. The zero-order chi connectivity index (χ0) is 18.1. The number of esters is 1. The number of nitrogens with one attached hydrogen (secondary N) is 2. The van der Waals surface area contributed by atoms with E-state index in [-0.39, 0.29) is 18.6 Å². The maximum Gasteiger partial charge on any atom is 0.340 e. The molecule has 1 heterocycles. The van der Waals surface area contributed by atoms with Crippen LogP contribution in [0.15, 0.2) is 47.1 Å². The highest BCUT2D eigenvalue weighted by Crippen LogP contribution is 2.17. The van der Waals surface area contributed by atoms with Gasteiger partial charge in [0.25, 0.3) is 5.91 Å². The van der Waals surface area contributed by atoms with Crippen molar-refractivity contribution in [2.24, 2.45) is 0 Å². The minimum absolute atomic E-state index is 0.0680. The molecule has 25 heavy (non-hydrogen) atoms. The van der Waals surface area contributed by atoms with E-state index in [1.165, 1.54) is 0 Å². The molecule has 2 rings (SSSR count). The number of rotatable bonds is 9. The first-order valence-corrected chi connectivity index (χ1v) is 8.42. The van der Waals surface area contributed by atoms with E-state index in [2.05, 4.69) is 17.6 Å². The molecule has 0 aliphatic heterocycles. The molecule has 0 bridgehead atoms. The molecule has 0 aliphatic carbocycles. The van der Waals surface area contributed by atoms with Gasteiger partial charge in [-0.3, -0.25) is 4.79 Å². The predicted octanol–water partition coefficient (Wildman–Crippen LogP) is 3.35. The van der Waals surface area contributed by atoms with Gasteiger partial charge in [0.1, 0.15) is 5.76 Å². The van der Waals surface area contributed by atoms with Crippen LogP contribution in [0.2, 0.25) is 0 Å². The molecule has 0 saturated heterocycles. The van der Waals surface area contributed by atoms with Gasteiger partial charge in [-0.1, -0.05) is 25.5 Å². The van der Waals surface area contributed by atoms with Crippen LogP contribution in [0.5, 0.6) is 0 Å². The lowest BCUT2D eigenvalue weighted by Crippen LogP contribution is -2.35. The average molecular weight is 344 g/mol. The fraction of sp³-hybridized carbons (Fsp3) is 0.368. The van der Waals surface area contributed by atoms with Crippen LogP contribution < -0.4 is 10.6 Å². The smallest absolute Gasteiger partial charge is 0.340 e. The maximum atomic E-state index is 12.3. The number of hydrogen-bond acceptors (Lipinski definition) is 5. The first-order valence-electron chi connectivity index (χ1n) is 8.42. The number of ether oxygens (including phenoxy) is 1. The molecule has 1 aromatic heterocycles. The molecule has 0 saturated carbocycles. The van der Waals surface area contributed by atoms with Gasteiger partial charge in [-0.2, -0.15) is 0 Å². The van der Waals surface area contributed by atoms with Crippen molar-refractivity contribution in [2.75, 3.05) is 11.9 Å². The lowest BCUT2D eigenvalue weighted by molar-refractivity contribution is -0.124. The molecular formula is C19H24N2O4. The molecule has 0 fully saturated rings. The SMILES string of the molecule is CCCC(C)NC(=O)COC(=O)c1ccccc1NCc1ccco1. The van der Waals surface area contributed by atoms with E-state index < -0.39 is 5.97 Å². The maximum absolute atomic E-state index is 12.3. The molecule has 0 spiro atoms. The van der Waals surface area contributed by atoms with Gasteiger partial charge in [0.2, 0.25) is 0 Å². The Morgan fingerprint density at radius 2 is 2.00 bits per heavy atom. The summed E-state index contributed by atoms with van der Waals surface area (Å²) in [6, 6.07) is 10.7. The fourth-order valence-corrected chi connectivity index (χ4v) is 2.44. The Morgan fingerprint density at radius 1 is 1.20 bits per heavy atom. The normalized spacial score (nSPS) is 11.6. The summed E-state index contributed by atoms with van der Waals surface area (Å²) in [5.41, 5.74) is 1.01. The number of carbonyl (C=O) groups is 2. The molecule has 1 aromatic carbocycles. The van der Waals surface area contributed by atoms with E-state index in [0.29, 0.717) is 17.8 Å². The summed E-state index contributed by atoms with van der Waals surface area (Å²) < 4.78 is 10.4. The number of para-hydroxylation sites is 1. The average Bonchev–Trinajstić information content (AvgIpc) is 3.12. The molecule has 0 aliphatic rings. The van der Waals surface area contributed by atoms with Crippen LogP contribution in [0.4, 0.5) is 5.69 Å². The number of anilines is 1. The van der Waals surface area contributed by atoms with Crippen LogP contribution in [-0.4, -0.2) is 24.5 Å². The summed E-state index contributed by atoms with van der Waals surface area (Å²) in [5, 5.41) is 5.94. The van der Waals surface area contributed by atoms with Crippen molar-refractivity contribution in [3.05, 3.63) is 54.0 Å². The van der Waals surface area contributed by atoms with Gasteiger partial charge in [0, 0.05) is 11.7 Å². The fourth-order valence-electron chi connectivity index (χ4n) is 2.44. The number of hydrogen-bond donors (Lipinski definition) is 2. The Morgan fingerprint density at radius 3 is 2.72 bits per heavy atom. The van der Waals surface area contributed by atoms with Crippen molar-refractivity contribution in [3.63, 3.8) is 0 Å². The Kier molecular flexibility index (Phi) is 7.07. The van der Waals surface area contributed by atoms with E-state index in [0.717, 1.165) is 18.6 Å². The Labute approximate surface area is 147 Å². The second-order valence-corrected chi connectivity index (χ2v) is 5.81. The Hall–Kier alpha value is -2.76. The first kappa shape index (κ1) is 18.6. The van der Waals surface area contributed by atoms with E-state index in [1.807, 2.05) is 19.1 Å². The van der Waals surface area contributed by atoms with Gasteiger partial charge in [-0.05, 0) is 37.6 Å². The third-order valence-corrected chi connectivity index (χ3v) is 3.64. The van der Waals surface area contributed by atoms with E-state index in [1.54, 1.807) is 30.5 Å².